The number of rotatable bonds is 8. The zero-order valence-electron chi connectivity index (χ0n) is 10.3. The van der Waals surface area contributed by atoms with Crippen LogP contribution in [0.3, 0.4) is 0 Å². The van der Waals surface area contributed by atoms with Crippen molar-refractivity contribution in [3.05, 3.63) is 0 Å². The van der Waals surface area contributed by atoms with Gasteiger partial charge in [-0.3, -0.25) is 0 Å². The zero-order chi connectivity index (χ0) is 10.1. The molecule has 0 aliphatic rings. The molecule has 0 bridgehead atoms. The lowest BCUT2D eigenvalue weighted by Crippen LogP contribution is -2.26. The molecule has 0 fully saturated rings. The lowest BCUT2D eigenvalue weighted by molar-refractivity contribution is 0.454. The molecule has 1 atom stereocenters. The molecule has 0 rings (SSSR count). The minimum atomic E-state index is 0. The highest BCUT2D eigenvalue weighted by Gasteiger charge is 2.01. The van der Waals surface area contributed by atoms with E-state index in [1.165, 1.54) is 38.6 Å². The molecule has 0 saturated heterocycles. The van der Waals surface area contributed by atoms with Gasteiger partial charge >= 0.3 is 0 Å². The average molecular weight is 222 g/mol. The third kappa shape index (κ3) is 12.2. The van der Waals surface area contributed by atoms with Crippen molar-refractivity contribution in [3.63, 3.8) is 0 Å². The fourth-order valence-corrected chi connectivity index (χ4v) is 1.46. The molecule has 2 heteroatoms. The molecule has 14 heavy (non-hydrogen) atoms. The van der Waals surface area contributed by atoms with Gasteiger partial charge in [0.1, 0.15) is 0 Å². The second kappa shape index (κ2) is 11.3. The summed E-state index contributed by atoms with van der Waals surface area (Å²) in [6.45, 7) is 10.3. The van der Waals surface area contributed by atoms with E-state index in [1.807, 2.05) is 0 Å². The molecule has 1 N–H and O–H groups in total. The minimum absolute atomic E-state index is 0. The molecule has 0 aliphatic heterocycles. The van der Waals surface area contributed by atoms with E-state index >= 15 is 0 Å². The monoisotopic (exact) mass is 221 g/mol. The van der Waals surface area contributed by atoms with Crippen LogP contribution in [0.2, 0.25) is 0 Å². The fourth-order valence-electron chi connectivity index (χ4n) is 1.46. The van der Waals surface area contributed by atoms with Crippen LogP contribution < -0.4 is 5.32 Å². The smallest absolute Gasteiger partial charge is 0.00387 e. The predicted octanol–water partition coefficient (Wildman–Crippen LogP) is 4.01. The highest BCUT2D eigenvalue weighted by molar-refractivity contribution is 5.85. The summed E-state index contributed by atoms with van der Waals surface area (Å²) in [5.74, 6) is 0.864. The van der Waals surface area contributed by atoms with Gasteiger partial charge in [-0.25, -0.2) is 0 Å². The zero-order valence-corrected chi connectivity index (χ0v) is 11.1. The lowest BCUT2D eigenvalue weighted by Gasteiger charge is -2.13. The first-order valence-electron chi connectivity index (χ1n) is 5.90. The van der Waals surface area contributed by atoms with Gasteiger partial charge in [0, 0.05) is 6.04 Å². The Morgan fingerprint density at radius 3 is 2.14 bits per heavy atom. The Labute approximate surface area is 96.5 Å². The van der Waals surface area contributed by atoms with E-state index in [4.69, 9.17) is 0 Å². The summed E-state index contributed by atoms with van der Waals surface area (Å²) >= 11 is 0. The van der Waals surface area contributed by atoms with Crippen molar-refractivity contribution in [1.29, 1.82) is 0 Å². The Balaban J connectivity index is 0. The summed E-state index contributed by atoms with van der Waals surface area (Å²) in [6.07, 6.45) is 6.69. The minimum Gasteiger partial charge on any atom is -0.314 e. The quantitative estimate of drug-likeness (QED) is 0.611. The van der Waals surface area contributed by atoms with Gasteiger partial charge in [-0.15, -0.1) is 12.4 Å². The Hall–Kier alpha value is 0.250. The van der Waals surface area contributed by atoms with E-state index in [1.54, 1.807) is 0 Å². The normalized spacial score (nSPS) is 12.6. The topological polar surface area (TPSA) is 12.0 Å². The van der Waals surface area contributed by atoms with Gasteiger partial charge in [0.25, 0.3) is 0 Å². The first kappa shape index (κ1) is 16.7. The number of hydrogen-bond donors (Lipinski definition) is 1. The number of halogens is 1. The van der Waals surface area contributed by atoms with Crippen LogP contribution in [0.1, 0.15) is 59.8 Å². The Kier molecular flexibility index (Phi) is 13.5. The maximum atomic E-state index is 3.56. The number of unbranched alkanes of at least 4 members (excludes halogenated alkanes) is 1. The molecule has 88 valence electrons. The van der Waals surface area contributed by atoms with E-state index in [0.29, 0.717) is 6.04 Å². The lowest BCUT2D eigenvalue weighted by atomic mass is 10.0. The molecule has 0 aromatic rings. The summed E-state index contributed by atoms with van der Waals surface area (Å²) in [5, 5.41) is 3.56. The van der Waals surface area contributed by atoms with Crippen molar-refractivity contribution in [2.24, 2.45) is 5.92 Å². The van der Waals surface area contributed by atoms with Crippen molar-refractivity contribution >= 4 is 12.4 Å². The van der Waals surface area contributed by atoms with Crippen LogP contribution in [0, 0.1) is 5.92 Å². The molecule has 0 aromatic heterocycles. The molecule has 0 amide bonds. The molecule has 1 nitrogen and oxygen atoms in total. The van der Waals surface area contributed by atoms with Gasteiger partial charge in [0.2, 0.25) is 0 Å². The van der Waals surface area contributed by atoms with Crippen LogP contribution in [0.25, 0.3) is 0 Å². The number of hydrogen-bond acceptors (Lipinski definition) is 1. The van der Waals surface area contributed by atoms with E-state index in [2.05, 4.69) is 33.0 Å². The fraction of sp³-hybridized carbons (Fsp3) is 1.00. The second-order valence-corrected chi connectivity index (χ2v) is 4.53. The van der Waals surface area contributed by atoms with Crippen molar-refractivity contribution in [3.8, 4) is 0 Å². The molecule has 0 aliphatic carbocycles. The van der Waals surface area contributed by atoms with Crippen molar-refractivity contribution in [2.45, 2.75) is 65.8 Å². The van der Waals surface area contributed by atoms with Gasteiger partial charge in [-0.05, 0) is 32.2 Å². The van der Waals surface area contributed by atoms with Gasteiger partial charge in [-0.1, -0.05) is 40.0 Å². The Morgan fingerprint density at radius 1 is 1.00 bits per heavy atom. The highest BCUT2D eigenvalue weighted by atomic mass is 35.5. The standard InChI is InChI=1S/C12H27N.ClH/c1-5-6-10-13-12(4)9-7-8-11(2)3;/h11-13H,5-10H2,1-4H3;1H. The summed E-state index contributed by atoms with van der Waals surface area (Å²) < 4.78 is 0. The summed E-state index contributed by atoms with van der Waals surface area (Å²) in [4.78, 5) is 0. The van der Waals surface area contributed by atoms with E-state index in [9.17, 15) is 0 Å². The molecule has 1 unspecified atom stereocenters. The van der Waals surface area contributed by atoms with Crippen LogP contribution in [0.15, 0.2) is 0 Å². The highest BCUT2D eigenvalue weighted by Crippen LogP contribution is 2.08. The van der Waals surface area contributed by atoms with Crippen LogP contribution in [-0.4, -0.2) is 12.6 Å². The van der Waals surface area contributed by atoms with Crippen molar-refractivity contribution in [2.75, 3.05) is 6.54 Å². The van der Waals surface area contributed by atoms with Gasteiger partial charge in [0.05, 0.1) is 0 Å². The number of nitrogens with one attached hydrogen (secondary N) is 1. The van der Waals surface area contributed by atoms with Gasteiger partial charge in [-0.2, -0.15) is 0 Å². The maximum absolute atomic E-state index is 3.56. The Bertz CT molecular complexity index is 104. The van der Waals surface area contributed by atoms with E-state index in [-0.39, 0.29) is 12.4 Å². The molecule has 0 saturated carbocycles. The van der Waals surface area contributed by atoms with Crippen LogP contribution in [0.4, 0.5) is 0 Å². The third-order valence-corrected chi connectivity index (χ3v) is 2.44. The SMILES string of the molecule is CCCCNC(C)CCCC(C)C.Cl. The molecule has 0 heterocycles. The maximum Gasteiger partial charge on any atom is 0.00387 e. The predicted molar refractivity (Wildman–Crippen MR) is 68.3 cm³/mol. The third-order valence-electron chi connectivity index (χ3n) is 2.44. The first-order chi connectivity index (χ1) is 6.16. The molecule has 0 aromatic carbocycles. The Morgan fingerprint density at radius 2 is 1.64 bits per heavy atom. The van der Waals surface area contributed by atoms with Crippen LogP contribution in [-0.2, 0) is 0 Å². The van der Waals surface area contributed by atoms with Crippen molar-refractivity contribution in [1.82, 2.24) is 5.32 Å². The van der Waals surface area contributed by atoms with Gasteiger partial charge in [0.15, 0.2) is 0 Å². The molecular formula is C12H28ClN. The average Bonchev–Trinajstić information content (AvgIpc) is 2.04. The largest absolute Gasteiger partial charge is 0.314 e. The summed E-state index contributed by atoms with van der Waals surface area (Å²) in [6, 6.07) is 0.713. The van der Waals surface area contributed by atoms with Crippen LogP contribution >= 0.6 is 12.4 Å². The summed E-state index contributed by atoms with van der Waals surface area (Å²) in [5.41, 5.74) is 0. The van der Waals surface area contributed by atoms with Crippen molar-refractivity contribution < 1.29 is 0 Å². The summed E-state index contributed by atoms with van der Waals surface area (Å²) in [7, 11) is 0. The molecule has 0 spiro atoms. The van der Waals surface area contributed by atoms with Crippen LogP contribution in [0.5, 0.6) is 0 Å². The second-order valence-electron chi connectivity index (χ2n) is 4.53. The van der Waals surface area contributed by atoms with Gasteiger partial charge < -0.3 is 5.32 Å². The molecule has 0 radical (unpaired) electrons. The van der Waals surface area contributed by atoms with E-state index in [0.717, 1.165) is 5.92 Å². The van der Waals surface area contributed by atoms with E-state index < -0.39 is 0 Å². The molecular weight excluding hydrogens is 194 g/mol. The first-order valence-corrected chi connectivity index (χ1v) is 5.90.